The minimum absolute atomic E-state index is 0.239. The van der Waals surface area contributed by atoms with Crippen molar-refractivity contribution in [1.82, 2.24) is 15.0 Å². The maximum absolute atomic E-state index is 13.3. The molecule has 9 heteroatoms. The van der Waals surface area contributed by atoms with Crippen molar-refractivity contribution >= 4 is 7.60 Å². The molecule has 0 radical (unpaired) electrons. The Kier molecular flexibility index (Phi) is 5.09. The molecule has 2 atom stereocenters. The Bertz CT molecular complexity index is 756. The Balaban J connectivity index is 2.08. The molecule has 2 heterocycles. The van der Waals surface area contributed by atoms with Crippen molar-refractivity contribution in [2.24, 2.45) is 0 Å². The molecule has 0 spiro atoms. The Labute approximate surface area is 146 Å². The van der Waals surface area contributed by atoms with Gasteiger partial charge >= 0.3 is 7.60 Å². The Morgan fingerprint density at radius 2 is 1.96 bits per heavy atom. The highest BCUT2D eigenvalue weighted by Gasteiger charge is 2.49. The normalized spacial score (nSPS) is 21.4. The fourth-order valence-electron chi connectivity index (χ4n) is 2.90. The van der Waals surface area contributed by atoms with Gasteiger partial charge in [-0.25, -0.2) is 4.68 Å². The molecule has 25 heavy (non-hydrogen) atoms. The summed E-state index contributed by atoms with van der Waals surface area (Å²) >= 11 is 0. The van der Waals surface area contributed by atoms with Crippen LogP contribution in [0, 0.1) is 0 Å². The van der Waals surface area contributed by atoms with Gasteiger partial charge in [0.15, 0.2) is 11.6 Å². The van der Waals surface area contributed by atoms with E-state index < -0.39 is 25.3 Å². The van der Waals surface area contributed by atoms with Crippen molar-refractivity contribution < 1.29 is 23.1 Å². The molecule has 0 aliphatic carbocycles. The SMILES string of the molecule is COP(=O)(OC)[C@@H](C1COC(C)(C)O1)n1nncc1-c1ccccc1. The summed E-state index contributed by atoms with van der Waals surface area (Å²) < 4.78 is 36.9. The van der Waals surface area contributed by atoms with Crippen molar-refractivity contribution in [3.63, 3.8) is 0 Å². The fraction of sp³-hybridized carbons (Fsp3) is 0.500. The molecule has 0 N–H and O–H groups in total. The zero-order valence-electron chi connectivity index (χ0n) is 14.7. The lowest BCUT2D eigenvalue weighted by atomic mass is 10.1. The predicted octanol–water partition coefficient (Wildman–Crippen LogP) is 3.08. The van der Waals surface area contributed by atoms with Crippen LogP contribution in [0.3, 0.4) is 0 Å². The Morgan fingerprint density at radius 1 is 1.28 bits per heavy atom. The van der Waals surface area contributed by atoms with Gasteiger partial charge in [-0.05, 0) is 13.8 Å². The molecular weight excluding hydrogens is 345 g/mol. The molecule has 0 bridgehead atoms. The van der Waals surface area contributed by atoms with Crippen LogP contribution in [0.5, 0.6) is 0 Å². The zero-order valence-corrected chi connectivity index (χ0v) is 15.6. The second-order valence-electron chi connectivity index (χ2n) is 6.12. The average Bonchev–Trinajstić information content (AvgIpc) is 3.22. The highest BCUT2D eigenvalue weighted by molar-refractivity contribution is 7.54. The summed E-state index contributed by atoms with van der Waals surface area (Å²) in [6.45, 7) is 3.84. The number of benzene rings is 1. The first-order chi connectivity index (χ1) is 11.9. The summed E-state index contributed by atoms with van der Waals surface area (Å²) in [6, 6.07) is 9.58. The second kappa shape index (κ2) is 6.97. The van der Waals surface area contributed by atoms with Crippen LogP contribution >= 0.6 is 7.60 Å². The van der Waals surface area contributed by atoms with Crippen LogP contribution in [-0.4, -0.2) is 47.7 Å². The van der Waals surface area contributed by atoms with Crippen molar-refractivity contribution in [2.75, 3.05) is 20.8 Å². The van der Waals surface area contributed by atoms with Gasteiger partial charge in [0.2, 0.25) is 0 Å². The zero-order chi connectivity index (χ0) is 18.1. The maximum Gasteiger partial charge on any atom is 0.357 e. The highest BCUT2D eigenvalue weighted by Crippen LogP contribution is 2.61. The molecule has 2 aromatic rings. The van der Waals surface area contributed by atoms with E-state index in [1.54, 1.807) is 24.7 Å². The van der Waals surface area contributed by atoms with Gasteiger partial charge in [0.05, 0.1) is 18.5 Å². The van der Waals surface area contributed by atoms with Gasteiger partial charge in [0.1, 0.15) is 6.10 Å². The molecule has 8 nitrogen and oxygen atoms in total. The van der Waals surface area contributed by atoms with E-state index in [0.717, 1.165) is 5.56 Å². The van der Waals surface area contributed by atoms with Gasteiger partial charge in [-0.1, -0.05) is 35.5 Å². The lowest BCUT2D eigenvalue weighted by Gasteiger charge is -2.29. The monoisotopic (exact) mass is 367 g/mol. The van der Waals surface area contributed by atoms with E-state index in [1.807, 2.05) is 30.3 Å². The molecule has 136 valence electrons. The minimum Gasteiger partial charge on any atom is -0.348 e. The lowest BCUT2D eigenvalue weighted by Crippen LogP contribution is -2.31. The summed E-state index contributed by atoms with van der Waals surface area (Å²) in [7, 11) is -0.888. The van der Waals surface area contributed by atoms with Crippen LogP contribution in [0.2, 0.25) is 0 Å². The Hall–Kier alpha value is -1.57. The summed E-state index contributed by atoms with van der Waals surface area (Å²) in [5.41, 5.74) is 1.57. The molecule has 1 aliphatic heterocycles. The summed E-state index contributed by atoms with van der Waals surface area (Å²) in [5, 5.41) is 8.14. The van der Waals surface area contributed by atoms with Crippen LogP contribution in [0.15, 0.2) is 36.5 Å². The van der Waals surface area contributed by atoms with E-state index in [0.29, 0.717) is 5.69 Å². The van der Waals surface area contributed by atoms with Gasteiger partial charge < -0.3 is 18.5 Å². The average molecular weight is 367 g/mol. The predicted molar refractivity (Wildman–Crippen MR) is 91.0 cm³/mol. The molecule has 1 aromatic carbocycles. The van der Waals surface area contributed by atoms with Crippen LogP contribution in [-0.2, 0) is 23.1 Å². The first kappa shape index (κ1) is 18.2. The Morgan fingerprint density at radius 3 is 2.52 bits per heavy atom. The van der Waals surface area contributed by atoms with Gasteiger partial charge in [0.25, 0.3) is 0 Å². The molecule has 1 aromatic heterocycles. The smallest absolute Gasteiger partial charge is 0.348 e. The van der Waals surface area contributed by atoms with E-state index >= 15 is 0 Å². The second-order valence-corrected chi connectivity index (χ2v) is 8.45. The number of nitrogens with zero attached hydrogens (tertiary/aromatic N) is 3. The summed E-state index contributed by atoms with van der Waals surface area (Å²) in [6.07, 6.45) is 1.05. The van der Waals surface area contributed by atoms with Gasteiger partial charge in [-0.15, -0.1) is 5.10 Å². The number of ether oxygens (including phenoxy) is 2. The third kappa shape index (κ3) is 3.54. The van der Waals surface area contributed by atoms with Crippen LogP contribution < -0.4 is 0 Å². The van der Waals surface area contributed by atoms with Gasteiger partial charge in [-0.2, -0.15) is 0 Å². The number of aromatic nitrogens is 3. The molecule has 1 unspecified atom stereocenters. The molecule has 1 saturated heterocycles. The van der Waals surface area contributed by atoms with E-state index in [1.165, 1.54) is 14.2 Å². The molecule has 0 amide bonds. The number of hydrogen-bond acceptors (Lipinski definition) is 7. The number of rotatable bonds is 6. The van der Waals surface area contributed by atoms with Crippen LogP contribution in [0.1, 0.15) is 19.6 Å². The van der Waals surface area contributed by atoms with Crippen molar-refractivity contribution in [3.8, 4) is 11.3 Å². The van der Waals surface area contributed by atoms with Gasteiger partial charge in [-0.3, -0.25) is 4.57 Å². The third-order valence-corrected chi connectivity index (χ3v) is 6.31. The standard InChI is InChI=1S/C16H22N3O5P/c1-16(2)23-11-14(24-16)15(25(20,21-3)22-4)19-13(10-17-18-19)12-8-6-5-7-9-12/h5-10,14-15H,11H2,1-4H3/t14?,15-/m0/s1. The van der Waals surface area contributed by atoms with E-state index in [2.05, 4.69) is 10.3 Å². The van der Waals surface area contributed by atoms with Gasteiger partial charge in [0, 0.05) is 19.8 Å². The molecule has 1 aliphatic rings. The highest BCUT2D eigenvalue weighted by atomic mass is 31.2. The third-order valence-electron chi connectivity index (χ3n) is 4.09. The molecule has 1 fully saturated rings. The summed E-state index contributed by atoms with van der Waals surface area (Å²) in [5.74, 6) is -1.62. The number of hydrogen-bond donors (Lipinski definition) is 0. The largest absolute Gasteiger partial charge is 0.357 e. The summed E-state index contributed by atoms with van der Waals surface area (Å²) in [4.78, 5) is 0. The maximum atomic E-state index is 13.3. The minimum atomic E-state index is -3.58. The van der Waals surface area contributed by atoms with Crippen LogP contribution in [0.25, 0.3) is 11.3 Å². The molecular formula is C16H22N3O5P. The topological polar surface area (TPSA) is 84.7 Å². The van der Waals surface area contributed by atoms with Crippen LogP contribution in [0.4, 0.5) is 0 Å². The van der Waals surface area contributed by atoms with Crippen molar-refractivity contribution in [1.29, 1.82) is 0 Å². The first-order valence-electron chi connectivity index (χ1n) is 7.89. The molecule has 3 rings (SSSR count). The first-order valence-corrected chi connectivity index (χ1v) is 9.50. The van der Waals surface area contributed by atoms with E-state index in [4.69, 9.17) is 18.5 Å². The lowest BCUT2D eigenvalue weighted by molar-refractivity contribution is -0.141. The molecule has 0 saturated carbocycles. The van der Waals surface area contributed by atoms with Crippen molar-refractivity contribution in [2.45, 2.75) is 31.5 Å². The fourth-order valence-corrected chi connectivity index (χ4v) is 4.48. The van der Waals surface area contributed by atoms with Crippen molar-refractivity contribution in [3.05, 3.63) is 36.5 Å². The quantitative estimate of drug-likeness (QED) is 0.725. The van der Waals surface area contributed by atoms with E-state index in [-0.39, 0.29) is 6.61 Å². The van der Waals surface area contributed by atoms with E-state index in [9.17, 15) is 4.57 Å².